The fraction of sp³-hybridized carbons (Fsp3) is 0.533. The zero-order valence-corrected chi connectivity index (χ0v) is 12.6. The molecule has 1 N–H and O–H groups in total. The van der Waals surface area contributed by atoms with Gasteiger partial charge in [0.15, 0.2) is 5.78 Å². The van der Waals surface area contributed by atoms with Crippen LogP contribution in [0.3, 0.4) is 0 Å². The first-order chi connectivity index (χ1) is 9.44. The minimum Gasteiger partial charge on any atom is -0.294 e. The number of rotatable bonds is 5. The van der Waals surface area contributed by atoms with Crippen molar-refractivity contribution in [3.63, 3.8) is 0 Å². The number of Topliss-reactive ketones (excluding diaryl/α,β-unsaturated/α-hetero) is 1. The molecule has 1 aromatic carbocycles. The van der Waals surface area contributed by atoms with Crippen LogP contribution in [0.2, 0.25) is 0 Å². The Labute approximate surface area is 120 Å². The second-order valence-electron chi connectivity index (χ2n) is 5.58. The Morgan fingerprint density at radius 2 is 1.75 bits per heavy atom. The van der Waals surface area contributed by atoms with Gasteiger partial charge in [-0.05, 0) is 30.2 Å². The predicted octanol–water partition coefficient (Wildman–Crippen LogP) is 3.21. The lowest BCUT2D eigenvalue weighted by atomic mass is 9.85. The highest BCUT2D eigenvalue weighted by Crippen LogP contribution is 2.27. The van der Waals surface area contributed by atoms with Gasteiger partial charge in [0.2, 0.25) is 10.0 Å². The van der Waals surface area contributed by atoms with Crippen molar-refractivity contribution >= 4 is 21.5 Å². The summed E-state index contributed by atoms with van der Waals surface area (Å²) in [5, 5.41) is 0. The third-order valence-electron chi connectivity index (χ3n) is 3.71. The van der Waals surface area contributed by atoms with Gasteiger partial charge in [-0.15, -0.1) is 0 Å². The van der Waals surface area contributed by atoms with Gasteiger partial charge < -0.3 is 0 Å². The number of hydrogen-bond donors (Lipinski definition) is 1. The molecule has 1 saturated carbocycles. The molecule has 20 heavy (non-hydrogen) atoms. The van der Waals surface area contributed by atoms with Crippen LogP contribution in [0.1, 0.15) is 48.9 Å². The second kappa shape index (κ2) is 6.39. The Morgan fingerprint density at radius 1 is 1.15 bits per heavy atom. The summed E-state index contributed by atoms with van der Waals surface area (Å²) in [7, 11) is -3.27. The van der Waals surface area contributed by atoms with Crippen molar-refractivity contribution in [2.45, 2.75) is 38.5 Å². The SMILES string of the molecule is CS(=O)(=O)Nc1ccc(C(=O)CC2CCCCC2)cc1. The van der Waals surface area contributed by atoms with Crippen LogP contribution in [-0.2, 0) is 10.0 Å². The number of hydrogen-bond acceptors (Lipinski definition) is 3. The van der Waals surface area contributed by atoms with E-state index in [-0.39, 0.29) is 5.78 Å². The molecule has 5 heteroatoms. The maximum atomic E-state index is 12.2. The average molecular weight is 295 g/mol. The molecule has 0 aliphatic heterocycles. The summed E-state index contributed by atoms with van der Waals surface area (Å²) in [5.41, 5.74) is 1.15. The van der Waals surface area contributed by atoms with Crippen LogP contribution in [0.5, 0.6) is 0 Å². The zero-order chi connectivity index (χ0) is 14.6. The van der Waals surface area contributed by atoms with E-state index >= 15 is 0 Å². The number of carbonyl (C=O) groups excluding carboxylic acids is 1. The van der Waals surface area contributed by atoms with Gasteiger partial charge in [-0.1, -0.05) is 32.1 Å². The molecule has 0 radical (unpaired) electrons. The predicted molar refractivity (Wildman–Crippen MR) is 80.4 cm³/mol. The van der Waals surface area contributed by atoms with Crippen molar-refractivity contribution in [1.82, 2.24) is 0 Å². The van der Waals surface area contributed by atoms with Crippen LogP contribution < -0.4 is 4.72 Å². The first-order valence-corrected chi connectivity index (χ1v) is 8.94. The van der Waals surface area contributed by atoms with Gasteiger partial charge >= 0.3 is 0 Å². The summed E-state index contributed by atoms with van der Waals surface area (Å²) in [6.45, 7) is 0. The molecule has 0 spiro atoms. The summed E-state index contributed by atoms with van der Waals surface area (Å²) in [6, 6.07) is 6.65. The lowest BCUT2D eigenvalue weighted by Crippen LogP contribution is -2.12. The monoisotopic (exact) mass is 295 g/mol. The Kier molecular flexibility index (Phi) is 4.81. The van der Waals surface area contributed by atoms with Crippen molar-refractivity contribution < 1.29 is 13.2 Å². The van der Waals surface area contributed by atoms with Crippen LogP contribution in [0, 0.1) is 5.92 Å². The minimum atomic E-state index is -3.27. The highest BCUT2D eigenvalue weighted by atomic mass is 32.2. The molecule has 0 amide bonds. The van der Waals surface area contributed by atoms with E-state index in [9.17, 15) is 13.2 Å². The number of benzene rings is 1. The molecule has 1 aliphatic rings. The van der Waals surface area contributed by atoms with E-state index in [1.165, 1.54) is 19.3 Å². The maximum Gasteiger partial charge on any atom is 0.229 e. The van der Waals surface area contributed by atoms with E-state index in [1.807, 2.05) is 0 Å². The first kappa shape index (κ1) is 15.0. The molecule has 1 aromatic rings. The molecule has 0 aromatic heterocycles. The van der Waals surface area contributed by atoms with Crippen molar-refractivity contribution in [2.24, 2.45) is 5.92 Å². The normalized spacial score (nSPS) is 16.9. The van der Waals surface area contributed by atoms with Gasteiger partial charge in [0, 0.05) is 17.7 Å². The molecule has 0 saturated heterocycles. The molecule has 0 heterocycles. The summed E-state index contributed by atoms with van der Waals surface area (Å²) < 4.78 is 24.6. The standard InChI is InChI=1S/C15H21NO3S/c1-20(18,19)16-14-9-7-13(8-10-14)15(17)11-12-5-3-2-4-6-12/h7-10,12,16H,2-6,11H2,1H3. The number of ketones is 1. The topological polar surface area (TPSA) is 63.2 Å². The fourth-order valence-electron chi connectivity index (χ4n) is 2.71. The summed E-state index contributed by atoms with van der Waals surface area (Å²) >= 11 is 0. The Balaban J connectivity index is 1.96. The summed E-state index contributed by atoms with van der Waals surface area (Å²) in [5.74, 6) is 0.674. The first-order valence-electron chi connectivity index (χ1n) is 7.05. The smallest absolute Gasteiger partial charge is 0.229 e. The van der Waals surface area contributed by atoms with Gasteiger partial charge in [-0.3, -0.25) is 9.52 Å². The van der Waals surface area contributed by atoms with Crippen molar-refractivity contribution in [3.05, 3.63) is 29.8 Å². The highest BCUT2D eigenvalue weighted by molar-refractivity contribution is 7.92. The number of anilines is 1. The summed E-state index contributed by atoms with van der Waals surface area (Å²) in [6.07, 6.45) is 7.77. The van der Waals surface area contributed by atoms with Crippen molar-refractivity contribution in [1.29, 1.82) is 0 Å². The molecular formula is C15H21NO3S. The van der Waals surface area contributed by atoms with Crippen LogP contribution >= 0.6 is 0 Å². The largest absolute Gasteiger partial charge is 0.294 e. The molecule has 2 rings (SSSR count). The van der Waals surface area contributed by atoms with Gasteiger partial charge in [0.25, 0.3) is 0 Å². The van der Waals surface area contributed by atoms with E-state index in [4.69, 9.17) is 0 Å². The molecule has 4 nitrogen and oxygen atoms in total. The van der Waals surface area contributed by atoms with Crippen LogP contribution in [0.25, 0.3) is 0 Å². The minimum absolute atomic E-state index is 0.155. The molecule has 110 valence electrons. The van der Waals surface area contributed by atoms with Gasteiger partial charge in [0.05, 0.1) is 6.26 Å². The molecule has 1 aliphatic carbocycles. The lowest BCUT2D eigenvalue weighted by molar-refractivity contribution is 0.0950. The van der Waals surface area contributed by atoms with Gasteiger partial charge in [-0.2, -0.15) is 0 Å². The van der Waals surface area contributed by atoms with E-state index in [1.54, 1.807) is 24.3 Å². The van der Waals surface area contributed by atoms with E-state index in [0.29, 0.717) is 23.6 Å². The molecule has 0 unspecified atom stereocenters. The molecule has 0 bridgehead atoms. The Hall–Kier alpha value is -1.36. The second-order valence-corrected chi connectivity index (χ2v) is 7.33. The zero-order valence-electron chi connectivity index (χ0n) is 11.8. The third kappa shape index (κ3) is 4.63. The number of nitrogens with one attached hydrogen (secondary N) is 1. The lowest BCUT2D eigenvalue weighted by Gasteiger charge is -2.20. The van der Waals surface area contributed by atoms with Gasteiger partial charge in [-0.25, -0.2) is 8.42 Å². The summed E-state index contributed by atoms with van der Waals surface area (Å²) in [4.78, 5) is 12.2. The fourth-order valence-corrected chi connectivity index (χ4v) is 3.27. The van der Waals surface area contributed by atoms with Crippen LogP contribution in [0.4, 0.5) is 5.69 Å². The average Bonchev–Trinajstić information content (AvgIpc) is 2.39. The van der Waals surface area contributed by atoms with Crippen LogP contribution in [-0.4, -0.2) is 20.5 Å². The number of carbonyl (C=O) groups is 1. The quantitative estimate of drug-likeness (QED) is 0.848. The molecular weight excluding hydrogens is 274 g/mol. The van der Waals surface area contributed by atoms with Crippen molar-refractivity contribution in [2.75, 3.05) is 11.0 Å². The van der Waals surface area contributed by atoms with Crippen molar-refractivity contribution in [3.8, 4) is 0 Å². The van der Waals surface area contributed by atoms with Gasteiger partial charge in [0.1, 0.15) is 0 Å². The molecule has 1 fully saturated rings. The van der Waals surface area contributed by atoms with E-state index in [2.05, 4.69) is 4.72 Å². The van der Waals surface area contributed by atoms with Crippen LogP contribution in [0.15, 0.2) is 24.3 Å². The van der Waals surface area contributed by atoms with E-state index < -0.39 is 10.0 Å². The maximum absolute atomic E-state index is 12.2. The number of sulfonamides is 1. The third-order valence-corrected chi connectivity index (χ3v) is 4.32. The Morgan fingerprint density at radius 3 is 2.30 bits per heavy atom. The highest BCUT2D eigenvalue weighted by Gasteiger charge is 2.18. The Bertz CT molecular complexity index is 557. The molecule has 0 atom stereocenters. The van der Waals surface area contributed by atoms with E-state index in [0.717, 1.165) is 19.1 Å².